The third-order valence-electron chi connectivity index (χ3n) is 3.07. The van der Waals surface area contributed by atoms with Crippen LogP contribution in [0.3, 0.4) is 0 Å². The van der Waals surface area contributed by atoms with Crippen molar-refractivity contribution < 1.29 is 23.9 Å². The number of H-pyrrole nitrogens is 1. The zero-order chi connectivity index (χ0) is 18.9. The van der Waals surface area contributed by atoms with Crippen molar-refractivity contribution in [2.24, 2.45) is 0 Å². The van der Waals surface area contributed by atoms with Crippen molar-refractivity contribution in [2.75, 3.05) is 24.3 Å². The third kappa shape index (κ3) is 5.62. The number of thioether (sulfide) groups is 1. The molecule has 0 atom stereocenters. The van der Waals surface area contributed by atoms with E-state index in [9.17, 15) is 14.4 Å². The summed E-state index contributed by atoms with van der Waals surface area (Å²) in [5.74, 6) is -1.03. The highest BCUT2D eigenvalue weighted by Crippen LogP contribution is 2.16. The number of benzene rings is 1. The van der Waals surface area contributed by atoms with Crippen LogP contribution in [0.2, 0.25) is 0 Å². The van der Waals surface area contributed by atoms with Gasteiger partial charge in [0.25, 0.3) is 0 Å². The molecule has 0 aliphatic rings. The van der Waals surface area contributed by atoms with Crippen LogP contribution < -0.4 is 5.32 Å². The number of rotatable bonds is 8. The fourth-order valence-corrected chi connectivity index (χ4v) is 2.57. The van der Waals surface area contributed by atoms with E-state index >= 15 is 0 Å². The van der Waals surface area contributed by atoms with E-state index in [2.05, 4.69) is 15.3 Å². The summed E-state index contributed by atoms with van der Waals surface area (Å²) in [7, 11) is 0. The summed E-state index contributed by atoms with van der Waals surface area (Å²) in [5, 5.41) is 3.16. The van der Waals surface area contributed by atoms with Gasteiger partial charge in [-0.2, -0.15) is 0 Å². The first-order valence-electron chi connectivity index (χ1n) is 7.95. The molecule has 1 aromatic heterocycles. The molecule has 2 rings (SSSR count). The second-order valence-corrected chi connectivity index (χ2v) is 5.92. The Labute approximate surface area is 154 Å². The average Bonchev–Trinajstić information content (AvgIpc) is 3.10. The number of hydrogen-bond acceptors (Lipinski definition) is 7. The molecule has 0 saturated heterocycles. The molecule has 0 bridgehead atoms. The molecule has 8 nitrogen and oxygen atoms in total. The van der Waals surface area contributed by atoms with Crippen molar-refractivity contribution in [2.45, 2.75) is 19.0 Å². The molecule has 0 fully saturated rings. The predicted molar refractivity (Wildman–Crippen MR) is 96.3 cm³/mol. The molecule has 0 unspecified atom stereocenters. The van der Waals surface area contributed by atoms with Crippen LogP contribution in [-0.4, -0.2) is 46.8 Å². The molecular formula is C17H19N3O5S. The molecular weight excluding hydrogens is 358 g/mol. The standard InChI is InChI=1S/C17H19N3O5S/c1-3-24-15(22)11-5-7-12(8-6-11)19-14(21)10-26-17-18-9-13(20-17)16(23)25-4-2/h5-9H,3-4,10H2,1-2H3,(H,18,20)(H,19,21). The number of nitrogens with one attached hydrogen (secondary N) is 2. The molecule has 0 aliphatic carbocycles. The molecule has 0 aliphatic heterocycles. The van der Waals surface area contributed by atoms with Crippen LogP contribution in [0.15, 0.2) is 35.6 Å². The Morgan fingerprint density at radius 2 is 1.73 bits per heavy atom. The van der Waals surface area contributed by atoms with Crippen molar-refractivity contribution >= 4 is 35.3 Å². The van der Waals surface area contributed by atoms with Gasteiger partial charge >= 0.3 is 11.9 Å². The van der Waals surface area contributed by atoms with E-state index in [1.165, 1.54) is 6.20 Å². The maximum Gasteiger partial charge on any atom is 0.356 e. The van der Waals surface area contributed by atoms with Gasteiger partial charge in [-0.15, -0.1) is 0 Å². The number of amides is 1. The minimum absolute atomic E-state index is 0.107. The van der Waals surface area contributed by atoms with E-state index in [1.54, 1.807) is 38.1 Å². The quantitative estimate of drug-likeness (QED) is 0.537. The van der Waals surface area contributed by atoms with Gasteiger partial charge in [0.05, 0.1) is 30.7 Å². The number of aromatic nitrogens is 2. The molecule has 0 spiro atoms. The van der Waals surface area contributed by atoms with Crippen molar-refractivity contribution in [3.63, 3.8) is 0 Å². The minimum atomic E-state index is -0.488. The minimum Gasteiger partial charge on any atom is -0.462 e. The van der Waals surface area contributed by atoms with E-state index in [0.29, 0.717) is 23.0 Å². The second kappa shape index (κ2) is 9.62. The Balaban J connectivity index is 1.83. The normalized spacial score (nSPS) is 10.2. The maximum absolute atomic E-state index is 12.0. The van der Waals surface area contributed by atoms with Crippen molar-refractivity contribution in [1.29, 1.82) is 0 Å². The molecule has 9 heteroatoms. The lowest BCUT2D eigenvalue weighted by atomic mass is 10.2. The highest BCUT2D eigenvalue weighted by atomic mass is 32.2. The van der Waals surface area contributed by atoms with Crippen molar-refractivity contribution in [3.05, 3.63) is 41.7 Å². The lowest BCUT2D eigenvalue weighted by Crippen LogP contribution is -2.14. The highest BCUT2D eigenvalue weighted by Gasteiger charge is 2.12. The van der Waals surface area contributed by atoms with Gasteiger partial charge in [0.15, 0.2) is 5.16 Å². The van der Waals surface area contributed by atoms with Gasteiger partial charge < -0.3 is 19.8 Å². The smallest absolute Gasteiger partial charge is 0.356 e. The van der Waals surface area contributed by atoms with Gasteiger partial charge in [-0.05, 0) is 38.1 Å². The summed E-state index contributed by atoms with van der Waals surface area (Å²) in [5.41, 5.74) is 1.22. The molecule has 1 aromatic carbocycles. The number of ether oxygens (including phenoxy) is 2. The summed E-state index contributed by atoms with van der Waals surface area (Å²) in [4.78, 5) is 41.9. The van der Waals surface area contributed by atoms with E-state index in [0.717, 1.165) is 11.8 Å². The molecule has 0 saturated carbocycles. The molecule has 0 radical (unpaired) electrons. The van der Waals surface area contributed by atoms with Crippen LogP contribution in [-0.2, 0) is 14.3 Å². The van der Waals surface area contributed by atoms with Gasteiger partial charge in [-0.1, -0.05) is 11.8 Å². The summed E-state index contributed by atoms with van der Waals surface area (Å²) >= 11 is 1.16. The number of hydrogen-bond donors (Lipinski definition) is 2. The first kappa shape index (κ1) is 19.5. The van der Waals surface area contributed by atoms with Gasteiger partial charge in [0, 0.05) is 5.69 Å². The summed E-state index contributed by atoms with van der Waals surface area (Å²) in [6.45, 7) is 4.03. The van der Waals surface area contributed by atoms with E-state index in [-0.39, 0.29) is 24.0 Å². The number of carbonyl (C=O) groups is 3. The van der Waals surface area contributed by atoms with Crippen LogP contribution >= 0.6 is 11.8 Å². The van der Waals surface area contributed by atoms with Gasteiger partial charge in [-0.25, -0.2) is 14.6 Å². The van der Waals surface area contributed by atoms with E-state index in [1.807, 2.05) is 0 Å². The van der Waals surface area contributed by atoms with Crippen LogP contribution in [0, 0.1) is 0 Å². The molecule has 2 aromatic rings. The Morgan fingerprint density at radius 3 is 2.38 bits per heavy atom. The lowest BCUT2D eigenvalue weighted by molar-refractivity contribution is -0.113. The topological polar surface area (TPSA) is 110 Å². The number of carbonyl (C=O) groups excluding carboxylic acids is 3. The second-order valence-electron chi connectivity index (χ2n) is 4.96. The highest BCUT2D eigenvalue weighted by molar-refractivity contribution is 7.99. The van der Waals surface area contributed by atoms with E-state index in [4.69, 9.17) is 9.47 Å². The maximum atomic E-state index is 12.0. The molecule has 1 amide bonds. The Morgan fingerprint density at radius 1 is 1.08 bits per heavy atom. The Kier molecular flexibility index (Phi) is 7.22. The first-order chi connectivity index (χ1) is 12.5. The fourth-order valence-electron chi connectivity index (χ4n) is 1.92. The summed E-state index contributed by atoms with van der Waals surface area (Å²) in [6, 6.07) is 6.42. The van der Waals surface area contributed by atoms with Gasteiger partial charge in [-0.3, -0.25) is 4.79 Å². The molecule has 138 valence electrons. The van der Waals surface area contributed by atoms with Crippen LogP contribution in [0.25, 0.3) is 0 Å². The Hall–Kier alpha value is -2.81. The van der Waals surface area contributed by atoms with Crippen LogP contribution in [0.5, 0.6) is 0 Å². The van der Waals surface area contributed by atoms with Crippen molar-refractivity contribution in [3.8, 4) is 0 Å². The third-order valence-corrected chi connectivity index (χ3v) is 3.96. The largest absolute Gasteiger partial charge is 0.462 e. The number of nitrogens with zero attached hydrogens (tertiary/aromatic N) is 1. The Bertz CT molecular complexity index is 773. The summed E-state index contributed by atoms with van der Waals surface area (Å²) in [6.07, 6.45) is 1.37. The predicted octanol–water partition coefficient (Wildman–Crippen LogP) is 2.49. The number of anilines is 1. The molecule has 26 heavy (non-hydrogen) atoms. The number of esters is 2. The van der Waals surface area contributed by atoms with Gasteiger partial charge in [0.2, 0.25) is 5.91 Å². The average molecular weight is 377 g/mol. The van der Waals surface area contributed by atoms with Crippen molar-refractivity contribution in [1.82, 2.24) is 9.97 Å². The number of imidazole rings is 1. The SMILES string of the molecule is CCOC(=O)c1ccc(NC(=O)CSc2ncc(C(=O)OCC)[nH]2)cc1. The molecule has 2 N–H and O–H groups in total. The fraction of sp³-hybridized carbons (Fsp3) is 0.294. The molecule has 1 heterocycles. The first-order valence-corrected chi connectivity index (χ1v) is 8.94. The van der Waals surface area contributed by atoms with Crippen LogP contribution in [0.1, 0.15) is 34.7 Å². The van der Waals surface area contributed by atoms with E-state index < -0.39 is 11.9 Å². The number of aromatic amines is 1. The zero-order valence-corrected chi connectivity index (χ0v) is 15.2. The lowest BCUT2D eigenvalue weighted by Gasteiger charge is -2.06. The monoisotopic (exact) mass is 377 g/mol. The van der Waals surface area contributed by atoms with Gasteiger partial charge in [0.1, 0.15) is 5.69 Å². The summed E-state index contributed by atoms with van der Waals surface area (Å²) < 4.78 is 9.75. The van der Waals surface area contributed by atoms with Crippen LogP contribution in [0.4, 0.5) is 5.69 Å². The zero-order valence-electron chi connectivity index (χ0n) is 14.4.